The van der Waals surface area contributed by atoms with Crippen LogP contribution in [0.15, 0.2) is 54.6 Å². The molecule has 0 bridgehead atoms. The maximum Gasteiger partial charge on any atom is 0.251 e. The maximum atomic E-state index is 13.2. The smallest absolute Gasteiger partial charge is 0.251 e. The first kappa shape index (κ1) is 21.1. The van der Waals surface area contributed by atoms with Gasteiger partial charge >= 0.3 is 0 Å². The Morgan fingerprint density at radius 3 is 2.12 bits per heavy atom. The summed E-state index contributed by atoms with van der Waals surface area (Å²) in [7, 11) is 0. The van der Waals surface area contributed by atoms with Crippen LogP contribution in [0, 0.1) is 0 Å². The molecule has 7 heteroatoms. The second-order valence-electron chi connectivity index (χ2n) is 8.70. The quantitative estimate of drug-likeness (QED) is 0.671. The number of ether oxygens (including phenoxy) is 1. The SMILES string of the molecule is O=C1C[C@H](N2CCN(Cc3ccccc3)CC2)C(=O)N1c1ccc(N2CCOCC2)cc1. The van der Waals surface area contributed by atoms with Crippen LogP contribution in [0.25, 0.3) is 0 Å². The van der Waals surface area contributed by atoms with E-state index in [-0.39, 0.29) is 24.3 Å². The summed E-state index contributed by atoms with van der Waals surface area (Å²) in [6, 6.07) is 17.9. The summed E-state index contributed by atoms with van der Waals surface area (Å²) in [5.41, 5.74) is 3.07. The number of anilines is 2. The number of carbonyl (C=O) groups is 2. The molecule has 168 valence electrons. The largest absolute Gasteiger partial charge is 0.378 e. The van der Waals surface area contributed by atoms with Crippen LogP contribution in [-0.2, 0) is 20.9 Å². The van der Waals surface area contributed by atoms with Crippen molar-refractivity contribution in [2.75, 3.05) is 62.3 Å². The van der Waals surface area contributed by atoms with Gasteiger partial charge in [0.2, 0.25) is 5.91 Å². The molecule has 0 saturated carbocycles. The second-order valence-corrected chi connectivity index (χ2v) is 8.70. The van der Waals surface area contributed by atoms with Gasteiger partial charge in [-0.3, -0.25) is 19.4 Å². The average molecular weight is 435 g/mol. The predicted molar refractivity (Wildman–Crippen MR) is 124 cm³/mol. The van der Waals surface area contributed by atoms with Gasteiger partial charge in [0.15, 0.2) is 0 Å². The highest BCUT2D eigenvalue weighted by Crippen LogP contribution is 2.28. The lowest BCUT2D eigenvalue weighted by Gasteiger charge is -2.37. The van der Waals surface area contributed by atoms with Crippen LogP contribution in [0.4, 0.5) is 11.4 Å². The number of morpholine rings is 1. The molecule has 1 atom stereocenters. The number of amides is 2. The standard InChI is InChI=1S/C25H30N4O3/c30-24-18-23(28-12-10-26(11-13-28)19-20-4-2-1-3-5-20)25(31)29(24)22-8-6-21(7-9-22)27-14-16-32-17-15-27/h1-9,23H,10-19H2/t23-/m0/s1. The fraction of sp³-hybridized carbons (Fsp3) is 0.440. The number of hydrogen-bond acceptors (Lipinski definition) is 6. The molecule has 0 aromatic heterocycles. The van der Waals surface area contributed by atoms with E-state index < -0.39 is 0 Å². The highest BCUT2D eigenvalue weighted by Gasteiger charge is 2.43. The third-order valence-electron chi connectivity index (χ3n) is 6.70. The Balaban J connectivity index is 1.20. The maximum absolute atomic E-state index is 13.2. The number of nitrogens with zero attached hydrogens (tertiary/aromatic N) is 4. The summed E-state index contributed by atoms with van der Waals surface area (Å²) in [5.74, 6) is -0.198. The van der Waals surface area contributed by atoms with Gasteiger partial charge < -0.3 is 9.64 Å². The Morgan fingerprint density at radius 1 is 0.781 bits per heavy atom. The molecule has 0 unspecified atom stereocenters. The highest BCUT2D eigenvalue weighted by molar-refractivity contribution is 6.22. The van der Waals surface area contributed by atoms with Crippen LogP contribution in [0.2, 0.25) is 0 Å². The first-order valence-electron chi connectivity index (χ1n) is 11.5. The van der Waals surface area contributed by atoms with Gasteiger partial charge in [-0.1, -0.05) is 30.3 Å². The third-order valence-corrected chi connectivity index (χ3v) is 6.70. The van der Waals surface area contributed by atoms with Crippen molar-refractivity contribution in [3.05, 3.63) is 60.2 Å². The van der Waals surface area contributed by atoms with Crippen molar-refractivity contribution in [3.8, 4) is 0 Å². The molecule has 3 aliphatic rings. The van der Waals surface area contributed by atoms with Crippen molar-refractivity contribution in [2.45, 2.75) is 19.0 Å². The van der Waals surface area contributed by atoms with E-state index in [1.54, 1.807) is 0 Å². The minimum atomic E-state index is -0.347. The number of carbonyl (C=O) groups excluding carboxylic acids is 2. The molecule has 0 radical (unpaired) electrons. The van der Waals surface area contributed by atoms with E-state index in [1.165, 1.54) is 10.5 Å². The summed E-state index contributed by atoms with van der Waals surface area (Å²) >= 11 is 0. The number of piperazine rings is 1. The van der Waals surface area contributed by atoms with Gasteiger partial charge in [0.05, 0.1) is 31.4 Å². The molecule has 2 amide bonds. The van der Waals surface area contributed by atoms with Crippen molar-refractivity contribution >= 4 is 23.2 Å². The van der Waals surface area contributed by atoms with Gasteiger partial charge in [0.1, 0.15) is 0 Å². The Morgan fingerprint density at radius 2 is 1.44 bits per heavy atom. The number of benzene rings is 2. The van der Waals surface area contributed by atoms with E-state index >= 15 is 0 Å². The molecule has 3 saturated heterocycles. The van der Waals surface area contributed by atoms with Crippen molar-refractivity contribution in [1.82, 2.24) is 9.80 Å². The average Bonchev–Trinajstić information content (AvgIpc) is 3.14. The molecular weight excluding hydrogens is 404 g/mol. The Kier molecular flexibility index (Phi) is 6.21. The van der Waals surface area contributed by atoms with Crippen molar-refractivity contribution in [3.63, 3.8) is 0 Å². The summed E-state index contributed by atoms with van der Waals surface area (Å²) in [6.45, 7) is 7.52. The molecule has 3 heterocycles. The summed E-state index contributed by atoms with van der Waals surface area (Å²) in [5, 5.41) is 0. The number of imide groups is 1. The zero-order valence-electron chi connectivity index (χ0n) is 18.4. The van der Waals surface area contributed by atoms with Gasteiger partial charge in [-0.25, -0.2) is 4.90 Å². The van der Waals surface area contributed by atoms with E-state index in [0.29, 0.717) is 5.69 Å². The van der Waals surface area contributed by atoms with E-state index in [0.717, 1.165) is 64.7 Å². The fourth-order valence-corrected chi connectivity index (χ4v) is 4.88. The summed E-state index contributed by atoms with van der Waals surface area (Å²) in [6.07, 6.45) is 0.267. The minimum Gasteiger partial charge on any atom is -0.378 e. The number of rotatable bonds is 5. The number of hydrogen-bond donors (Lipinski definition) is 0. The monoisotopic (exact) mass is 434 g/mol. The molecule has 3 fully saturated rings. The predicted octanol–water partition coefficient (Wildman–Crippen LogP) is 1.97. The lowest BCUT2D eigenvalue weighted by atomic mass is 10.1. The molecule has 32 heavy (non-hydrogen) atoms. The van der Waals surface area contributed by atoms with Gasteiger partial charge in [-0.15, -0.1) is 0 Å². The molecule has 5 rings (SSSR count). The van der Waals surface area contributed by atoms with Crippen LogP contribution in [0.3, 0.4) is 0 Å². The van der Waals surface area contributed by atoms with Gasteiger partial charge in [0, 0.05) is 51.5 Å². The Labute approximate surface area is 189 Å². The Hall–Kier alpha value is -2.74. The zero-order valence-corrected chi connectivity index (χ0v) is 18.4. The van der Waals surface area contributed by atoms with Gasteiger partial charge in [0.25, 0.3) is 5.91 Å². The van der Waals surface area contributed by atoms with E-state index in [9.17, 15) is 9.59 Å². The van der Waals surface area contributed by atoms with Crippen LogP contribution < -0.4 is 9.80 Å². The van der Waals surface area contributed by atoms with Gasteiger partial charge in [-0.2, -0.15) is 0 Å². The lowest BCUT2D eigenvalue weighted by molar-refractivity contribution is -0.123. The summed E-state index contributed by atoms with van der Waals surface area (Å²) in [4.78, 5) is 34.2. The molecule has 2 aromatic carbocycles. The van der Waals surface area contributed by atoms with Crippen LogP contribution in [0.5, 0.6) is 0 Å². The molecule has 3 aliphatic heterocycles. The Bertz CT molecular complexity index is 935. The molecule has 0 spiro atoms. The summed E-state index contributed by atoms with van der Waals surface area (Å²) < 4.78 is 5.41. The highest BCUT2D eigenvalue weighted by atomic mass is 16.5. The molecule has 7 nitrogen and oxygen atoms in total. The van der Waals surface area contributed by atoms with E-state index in [2.05, 4.69) is 39.0 Å². The first-order chi connectivity index (χ1) is 15.7. The molecule has 2 aromatic rings. The van der Waals surface area contributed by atoms with E-state index in [4.69, 9.17) is 4.74 Å². The minimum absolute atomic E-state index is 0.0920. The molecular formula is C25H30N4O3. The van der Waals surface area contributed by atoms with Crippen LogP contribution in [-0.4, -0.2) is 80.1 Å². The van der Waals surface area contributed by atoms with Crippen molar-refractivity contribution in [1.29, 1.82) is 0 Å². The lowest BCUT2D eigenvalue weighted by Crippen LogP contribution is -2.52. The topological polar surface area (TPSA) is 56.3 Å². The van der Waals surface area contributed by atoms with E-state index in [1.807, 2.05) is 30.3 Å². The zero-order chi connectivity index (χ0) is 21.9. The second kappa shape index (κ2) is 9.40. The molecule has 0 aliphatic carbocycles. The van der Waals surface area contributed by atoms with Crippen molar-refractivity contribution in [2.24, 2.45) is 0 Å². The van der Waals surface area contributed by atoms with Crippen molar-refractivity contribution < 1.29 is 14.3 Å². The molecule has 0 N–H and O–H groups in total. The third kappa shape index (κ3) is 4.41. The van der Waals surface area contributed by atoms with Gasteiger partial charge in [-0.05, 0) is 29.8 Å². The van der Waals surface area contributed by atoms with Crippen LogP contribution >= 0.6 is 0 Å². The normalized spacial score (nSPS) is 23.2. The fourth-order valence-electron chi connectivity index (χ4n) is 4.88. The van der Waals surface area contributed by atoms with Crippen LogP contribution in [0.1, 0.15) is 12.0 Å². The first-order valence-corrected chi connectivity index (χ1v) is 11.5.